The van der Waals surface area contributed by atoms with Gasteiger partial charge in [-0.15, -0.1) is 19.0 Å². The van der Waals surface area contributed by atoms with Gasteiger partial charge >= 0.3 is 24.0 Å². The molecule has 0 aliphatic carbocycles. The maximum Gasteiger partial charge on any atom is 0.405 e. The van der Waals surface area contributed by atoms with Crippen molar-refractivity contribution in [3.8, 4) is 0 Å². The molecule has 1 unspecified atom stereocenters. The molecule has 0 aromatic heterocycles. The van der Waals surface area contributed by atoms with Crippen LogP contribution in [-0.4, -0.2) is 96.5 Å². The van der Waals surface area contributed by atoms with E-state index < -0.39 is 49.1 Å². The quantitative estimate of drug-likeness (QED) is 0.318. The lowest BCUT2D eigenvalue weighted by Gasteiger charge is -2.36. The van der Waals surface area contributed by atoms with Crippen molar-refractivity contribution in [1.82, 2.24) is 25.3 Å². The molecule has 0 aromatic carbocycles. The van der Waals surface area contributed by atoms with E-state index in [1.54, 1.807) is 0 Å². The minimum absolute atomic E-state index is 0. The molecule has 2 saturated heterocycles. The summed E-state index contributed by atoms with van der Waals surface area (Å²) in [5.74, 6) is -3.28. The van der Waals surface area contributed by atoms with Crippen LogP contribution in [0.1, 0.15) is 0 Å². The standard InChI is InChI=1S/C15H20F3N5O4.ClH/c1-2-5-22-12(25)13(26)23(14(22)27)9-11(24)20-8-10(15(16,17)18)21-6-3-19-4-7-21;/h2,10,19H,1,3-9H2,(H,20,24);1H. The van der Waals surface area contributed by atoms with Crippen LogP contribution in [0, 0.1) is 0 Å². The van der Waals surface area contributed by atoms with E-state index >= 15 is 0 Å². The molecular weight excluding hydrogens is 407 g/mol. The number of nitrogens with zero attached hydrogens (tertiary/aromatic N) is 3. The van der Waals surface area contributed by atoms with Gasteiger partial charge in [-0.25, -0.2) is 9.69 Å². The summed E-state index contributed by atoms with van der Waals surface area (Å²) in [6.45, 7) is 2.74. The second kappa shape index (κ2) is 9.85. The van der Waals surface area contributed by atoms with Gasteiger partial charge < -0.3 is 10.6 Å². The molecule has 2 N–H and O–H groups in total. The molecule has 9 nitrogen and oxygen atoms in total. The lowest BCUT2D eigenvalue weighted by molar-refractivity contribution is -0.184. The number of rotatable bonds is 7. The summed E-state index contributed by atoms with van der Waals surface area (Å²) < 4.78 is 39.8. The molecule has 5 amide bonds. The topological polar surface area (TPSA) is 102 Å². The van der Waals surface area contributed by atoms with Crippen molar-refractivity contribution in [2.75, 3.05) is 45.8 Å². The number of hydrogen-bond acceptors (Lipinski definition) is 6. The van der Waals surface area contributed by atoms with Crippen LogP contribution in [-0.2, 0) is 14.4 Å². The Morgan fingerprint density at radius 1 is 1.18 bits per heavy atom. The van der Waals surface area contributed by atoms with Crippen molar-refractivity contribution in [3.05, 3.63) is 12.7 Å². The molecule has 0 saturated carbocycles. The van der Waals surface area contributed by atoms with Crippen molar-refractivity contribution in [2.24, 2.45) is 0 Å². The van der Waals surface area contributed by atoms with E-state index in [1.807, 2.05) is 0 Å². The molecule has 2 aliphatic rings. The second-order valence-corrected chi connectivity index (χ2v) is 6.03. The normalized spacial score (nSPS) is 19.5. The summed E-state index contributed by atoms with van der Waals surface area (Å²) >= 11 is 0. The van der Waals surface area contributed by atoms with E-state index in [1.165, 1.54) is 11.0 Å². The first kappa shape index (κ1) is 23.9. The number of urea groups is 1. The van der Waals surface area contributed by atoms with E-state index in [9.17, 15) is 32.3 Å². The fourth-order valence-electron chi connectivity index (χ4n) is 2.84. The summed E-state index contributed by atoms with van der Waals surface area (Å²) in [5.41, 5.74) is 0. The number of carbonyl (C=O) groups excluding carboxylic acids is 4. The van der Waals surface area contributed by atoms with Crippen LogP contribution in [0.4, 0.5) is 18.0 Å². The average molecular weight is 428 g/mol. The van der Waals surface area contributed by atoms with Crippen molar-refractivity contribution in [2.45, 2.75) is 12.2 Å². The SMILES string of the molecule is C=CCN1C(=O)C(=O)N(CC(=O)NCC(N2CCNCC2)C(F)(F)F)C1=O.Cl. The van der Waals surface area contributed by atoms with Crippen LogP contribution in [0.2, 0.25) is 0 Å². The average Bonchev–Trinajstić information content (AvgIpc) is 2.80. The third-order valence-electron chi connectivity index (χ3n) is 4.21. The van der Waals surface area contributed by atoms with Crippen molar-refractivity contribution >= 4 is 36.2 Å². The number of nitrogens with one attached hydrogen (secondary N) is 2. The maximum atomic E-state index is 13.3. The first-order valence-electron chi connectivity index (χ1n) is 8.23. The van der Waals surface area contributed by atoms with Crippen LogP contribution in [0.25, 0.3) is 0 Å². The van der Waals surface area contributed by atoms with Gasteiger partial charge in [-0.1, -0.05) is 6.08 Å². The van der Waals surface area contributed by atoms with Crippen LogP contribution in [0.3, 0.4) is 0 Å². The van der Waals surface area contributed by atoms with E-state index in [0.29, 0.717) is 22.9 Å². The number of imide groups is 2. The van der Waals surface area contributed by atoms with Gasteiger partial charge in [0.05, 0.1) is 0 Å². The Bertz CT molecular complexity index is 640. The van der Waals surface area contributed by atoms with Crippen molar-refractivity contribution < 1.29 is 32.3 Å². The third kappa shape index (κ3) is 5.42. The highest BCUT2D eigenvalue weighted by Crippen LogP contribution is 2.24. The fraction of sp³-hybridized carbons (Fsp3) is 0.600. The lowest BCUT2D eigenvalue weighted by atomic mass is 10.2. The van der Waals surface area contributed by atoms with E-state index in [-0.39, 0.29) is 32.0 Å². The van der Waals surface area contributed by atoms with Gasteiger partial charge in [0.15, 0.2) is 0 Å². The molecule has 13 heteroatoms. The Morgan fingerprint density at radius 2 is 1.75 bits per heavy atom. The van der Waals surface area contributed by atoms with E-state index in [2.05, 4.69) is 17.2 Å². The molecule has 158 valence electrons. The molecule has 0 spiro atoms. The molecule has 0 radical (unpaired) electrons. The molecule has 2 fully saturated rings. The molecule has 2 rings (SSSR count). The number of amides is 5. The summed E-state index contributed by atoms with van der Waals surface area (Å²) in [6, 6.07) is -2.89. The Kier molecular flexibility index (Phi) is 8.39. The van der Waals surface area contributed by atoms with Gasteiger partial charge in [0, 0.05) is 39.3 Å². The smallest absolute Gasteiger partial charge is 0.353 e. The minimum atomic E-state index is -4.55. The van der Waals surface area contributed by atoms with E-state index in [4.69, 9.17) is 0 Å². The number of halogens is 4. The summed E-state index contributed by atoms with van der Waals surface area (Å²) in [5, 5.41) is 5.04. The first-order valence-corrected chi connectivity index (χ1v) is 8.23. The Balaban J connectivity index is 0.00000392. The molecule has 28 heavy (non-hydrogen) atoms. The first-order chi connectivity index (χ1) is 12.7. The van der Waals surface area contributed by atoms with Crippen molar-refractivity contribution in [3.63, 3.8) is 0 Å². The Morgan fingerprint density at radius 3 is 2.29 bits per heavy atom. The van der Waals surface area contributed by atoms with Crippen LogP contribution in [0.15, 0.2) is 12.7 Å². The Labute approximate surface area is 165 Å². The minimum Gasteiger partial charge on any atom is -0.353 e. The highest BCUT2D eigenvalue weighted by atomic mass is 35.5. The summed E-state index contributed by atoms with van der Waals surface area (Å²) in [7, 11) is 0. The maximum absolute atomic E-state index is 13.3. The fourth-order valence-corrected chi connectivity index (χ4v) is 2.84. The zero-order valence-electron chi connectivity index (χ0n) is 14.8. The van der Waals surface area contributed by atoms with Gasteiger partial charge in [-0.2, -0.15) is 13.2 Å². The van der Waals surface area contributed by atoms with Gasteiger partial charge in [0.2, 0.25) is 5.91 Å². The second-order valence-electron chi connectivity index (χ2n) is 6.03. The van der Waals surface area contributed by atoms with Crippen molar-refractivity contribution in [1.29, 1.82) is 0 Å². The van der Waals surface area contributed by atoms with Gasteiger partial charge in [-0.05, 0) is 0 Å². The monoisotopic (exact) mass is 427 g/mol. The molecule has 2 aliphatic heterocycles. The van der Waals surface area contributed by atoms with Gasteiger partial charge in [0.1, 0.15) is 12.6 Å². The third-order valence-corrected chi connectivity index (χ3v) is 4.21. The largest absolute Gasteiger partial charge is 0.405 e. The zero-order valence-corrected chi connectivity index (χ0v) is 15.6. The number of hydrogen-bond donors (Lipinski definition) is 2. The van der Waals surface area contributed by atoms with Crippen LogP contribution in [0.5, 0.6) is 0 Å². The summed E-state index contributed by atoms with van der Waals surface area (Å²) in [6.07, 6.45) is -3.32. The van der Waals surface area contributed by atoms with Gasteiger partial charge in [0.25, 0.3) is 0 Å². The highest BCUT2D eigenvalue weighted by Gasteiger charge is 2.46. The Hall–Kier alpha value is -2.18. The van der Waals surface area contributed by atoms with E-state index in [0.717, 1.165) is 0 Å². The predicted octanol–water partition coefficient (Wildman–Crippen LogP) is -0.663. The molecule has 0 bridgehead atoms. The molecule has 1 atom stereocenters. The lowest BCUT2D eigenvalue weighted by Crippen LogP contribution is -2.58. The molecular formula is C15H21ClF3N5O4. The predicted molar refractivity (Wildman–Crippen MR) is 93.6 cm³/mol. The highest BCUT2D eigenvalue weighted by molar-refractivity contribution is 6.45. The number of carbonyl (C=O) groups is 4. The molecule has 2 heterocycles. The van der Waals surface area contributed by atoms with Gasteiger partial charge in [-0.3, -0.25) is 24.2 Å². The van der Waals surface area contributed by atoms with Crippen LogP contribution >= 0.6 is 12.4 Å². The summed E-state index contributed by atoms with van der Waals surface area (Å²) in [4.78, 5) is 49.6. The van der Waals surface area contributed by atoms with Crippen LogP contribution < -0.4 is 10.6 Å². The number of piperazine rings is 1. The molecule has 0 aromatic rings. The number of alkyl halides is 3. The zero-order chi connectivity index (χ0) is 20.2.